The zero-order valence-corrected chi connectivity index (χ0v) is 18.2. The molecule has 1 aliphatic heterocycles. The Kier molecular flexibility index (Phi) is 5.61. The van der Waals surface area contributed by atoms with Gasteiger partial charge in [-0.15, -0.1) is 0 Å². The lowest BCUT2D eigenvalue weighted by Crippen LogP contribution is -2.08. The molecule has 0 N–H and O–H groups in total. The molecule has 0 fully saturated rings. The van der Waals surface area contributed by atoms with E-state index in [1.54, 1.807) is 21.3 Å². The third kappa shape index (κ3) is 3.61. The number of hydrogen-bond donors (Lipinski definition) is 0. The Morgan fingerprint density at radius 1 is 0.968 bits per heavy atom. The van der Waals surface area contributed by atoms with Gasteiger partial charge < -0.3 is 28.4 Å². The van der Waals surface area contributed by atoms with Crippen molar-refractivity contribution in [3.05, 3.63) is 41.5 Å². The van der Waals surface area contributed by atoms with Crippen molar-refractivity contribution in [2.24, 2.45) is 0 Å². The number of carbonyl (C=O) groups is 1. The van der Waals surface area contributed by atoms with E-state index in [0.717, 1.165) is 33.0 Å². The van der Waals surface area contributed by atoms with Crippen LogP contribution < -0.4 is 23.7 Å². The first kappa shape index (κ1) is 20.8. The highest BCUT2D eigenvalue weighted by Crippen LogP contribution is 2.47. The van der Waals surface area contributed by atoms with Crippen molar-refractivity contribution in [3.8, 4) is 39.9 Å². The van der Waals surface area contributed by atoms with E-state index in [-0.39, 0.29) is 13.4 Å². The summed E-state index contributed by atoms with van der Waals surface area (Å²) in [6.45, 7) is 3.84. The minimum absolute atomic E-state index is 0.198. The molecule has 0 atom stereocenters. The Morgan fingerprint density at radius 2 is 1.65 bits per heavy atom. The van der Waals surface area contributed by atoms with Crippen LogP contribution in [0.2, 0.25) is 0 Å². The molecule has 1 aliphatic rings. The molecule has 0 aromatic heterocycles. The van der Waals surface area contributed by atoms with Crippen molar-refractivity contribution in [1.29, 1.82) is 0 Å². The van der Waals surface area contributed by atoms with Gasteiger partial charge in [-0.1, -0.05) is 6.07 Å². The fraction of sp³-hybridized carbons (Fsp3) is 0.292. The van der Waals surface area contributed by atoms with Gasteiger partial charge in [-0.25, -0.2) is 0 Å². The van der Waals surface area contributed by atoms with E-state index < -0.39 is 5.97 Å². The van der Waals surface area contributed by atoms with Crippen molar-refractivity contribution >= 4 is 16.7 Å². The highest BCUT2D eigenvalue weighted by atomic mass is 16.7. The largest absolute Gasteiger partial charge is 0.493 e. The number of hydrogen-bond acceptors (Lipinski definition) is 7. The number of methoxy groups -OCH3 is 3. The minimum atomic E-state index is -0.413. The second-order valence-electron chi connectivity index (χ2n) is 7.16. The minimum Gasteiger partial charge on any atom is -0.493 e. The summed E-state index contributed by atoms with van der Waals surface area (Å²) in [5, 5.41) is 1.57. The van der Waals surface area contributed by atoms with Crippen LogP contribution in [0.1, 0.15) is 18.1 Å². The van der Waals surface area contributed by atoms with Gasteiger partial charge in [-0.3, -0.25) is 4.79 Å². The molecule has 0 spiro atoms. The van der Waals surface area contributed by atoms with Crippen molar-refractivity contribution < 1.29 is 33.2 Å². The molecule has 31 heavy (non-hydrogen) atoms. The fourth-order valence-corrected chi connectivity index (χ4v) is 3.96. The zero-order chi connectivity index (χ0) is 22.1. The summed E-state index contributed by atoms with van der Waals surface area (Å²) in [6, 6.07) is 9.53. The van der Waals surface area contributed by atoms with Crippen LogP contribution in [-0.2, 0) is 16.1 Å². The standard InChI is InChI=1S/C24H24O7/c1-13-18(11-26-3)24(31-14(2)25)17-10-21(28-5)20(27-4)9-16(17)23(13)15-6-7-19-22(8-15)30-12-29-19/h6-10H,11-12H2,1-5H3. The smallest absolute Gasteiger partial charge is 0.308 e. The van der Waals surface area contributed by atoms with Crippen LogP contribution in [0.5, 0.6) is 28.7 Å². The number of rotatable bonds is 6. The Labute approximate surface area is 180 Å². The number of benzene rings is 3. The molecule has 0 aliphatic carbocycles. The van der Waals surface area contributed by atoms with E-state index in [2.05, 4.69) is 0 Å². The van der Waals surface area contributed by atoms with Crippen LogP contribution in [0.15, 0.2) is 30.3 Å². The average Bonchev–Trinajstić information content (AvgIpc) is 3.23. The van der Waals surface area contributed by atoms with E-state index in [4.69, 9.17) is 28.4 Å². The van der Waals surface area contributed by atoms with Crippen LogP contribution in [0.3, 0.4) is 0 Å². The molecule has 0 bridgehead atoms. The van der Waals surface area contributed by atoms with E-state index >= 15 is 0 Å². The van der Waals surface area contributed by atoms with Gasteiger partial charge in [0, 0.05) is 25.0 Å². The lowest BCUT2D eigenvalue weighted by atomic mass is 9.89. The van der Waals surface area contributed by atoms with Gasteiger partial charge in [-0.05, 0) is 53.3 Å². The SMILES string of the molecule is COCc1c(C)c(-c2ccc3c(c2)OCO3)c2cc(OC)c(OC)cc2c1OC(C)=O. The maximum atomic E-state index is 11.9. The number of esters is 1. The first-order valence-electron chi connectivity index (χ1n) is 9.77. The second-order valence-corrected chi connectivity index (χ2v) is 7.16. The van der Waals surface area contributed by atoms with Gasteiger partial charge in [0.2, 0.25) is 6.79 Å². The summed E-state index contributed by atoms with van der Waals surface area (Å²) >= 11 is 0. The van der Waals surface area contributed by atoms with Gasteiger partial charge >= 0.3 is 5.97 Å². The molecule has 0 amide bonds. The van der Waals surface area contributed by atoms with Crippen LogP contribution >= 0.6 is 0 Å². The van der Waals surface area contributed by atoms with E-state index in [9.17, 15) is 4.79 Å². The second kappa shape index (κ2) is 8.35. The van der Waals surface area contributed by atoms with E-state index in [1.807, 2.05) is 37.3 Å². The van der Waals surface area contributed by atoms with Crippen LogP contribution in [0, 0.1) is 6.92 Å². The Morgan fingerprint density at radius 3 is 2.29 bits per heavy atom. The van der Waals surface area contributed by atoms with E-state index in [1.165, 1.54) is 6.92 Å². The zero-order valence-electron chi connectivity index (χ0n) is 18.2. The number of ether oxygens (including phenoxy) is 6. The maximum absolute atomic E-state index is 11.9. The topological polar surface area (TPSA) is 72.5 Å². The maximum Gasteiger partial charge on any atom is 0.308 e. The van der Waals surface area contributed by atoms with Gasteiger partial charge in [0.25, 0.3) is 0 Å². The van der Waals surface area contributed by atoms with Gasteiger partial charge in [0.1, 0.15) is 5.75 Å². The van der Waals surface area contributed by atoms with Gasteiger partial charge in [0.15, 0.2) is 23.0 Å². The summed E-state index contributed by atoms with van der Waals surface area (Å²) in [6.07, 6.45) is 0. The van der Waals surface area contributed by atoms with Crippen LogP contribution in [0.4, 0.5) is 0 Å². The predicted molar refractivity (Wildman–Crippen MR) is 115 cm³/mol. The molecule has 162 valence electrons. The summed E-state index contributed by atoms with van der Waals surface area (Å²) in [7, 11) is 4.76. The van der Waals surface area contributed by atoms with Crippen molar-refractivity contribution in [1.82, 2.24) is 0 Å². The molecule has 3 aromatic rings. The molecular formula is C24H24O7. The first-order chi connectivity index (χ1) is 15.0. The van der Waals surface area contributed by atoms with Crippen molar-refractivity contribution in [2.45, 2.75) is 20.5 Å². The molecule has 0 saturated heterocycles. The molecule has 3 aromatic carbocycles. The lowest BCUT2D eigenvalue weighted by Gasteiger charge is -2.21. The molecule has 0 radical (unpaired) electrons. The van der Waals surface area contributed by atoms with Crippen LogP contribution in [-0.4, -0.2) is 34.1 Å². The monoisotopic (exact) mass is 424 g/mol. The third-order valence-electron chi connectivity index (χ3n) is 5.34. The number of carbonyl (C=O) groups excluding carboxylic acids is 1. The first-order valence-corrected chi connectivity index (χ1v) is 9.77. The summed E-state index contributed by atoms with van der Waals surface area (Å²) in [5.74, 6) is 2.54. The molecule has 1 heterocycles. The van der Waals surface area contributed by atoms with Gasteiger partial charge in [-0.2, -0.15) is 0 Å². The van der Waals surface area contributed by atoms with Gasteiger partial charge in [0.05, 0.1) is 20.8 Å². The van der Waals surface area contributed by atoms with Crippen molar-refractivity contribution in [3.63, 3.8) is 0 Å². The third-order valence-corrected chi connectivity index (χ3v) is 5.34. The predicted octanol–water partition coefficient (Wildman–Crippen LogP) is 4.63. The van der Waals surface area contributed by atoms with Crippen molar-refractivity contribution in [2.75, 3.05) is 28.1 Å². The molecule has 7 heteroatoms. The normalized spacial score (nSPS) is 12.2. The fourth-order valence-electron chi connectivity index (χ4n) is 3.96. The Hall–Kier alpha value is -3.45. The Bertz CT molecular complexity index is 1170. The summed E-state index contributed by atoms with van der Waals surface area (Å²) in [5.41, 5.74) is 3.60. The average molecular weight is 424 g/mol. The quantitative estimate of drug-likeness (QED) is 0.422. The lowest BCUT2D eigenvalue weighted by molar-refractivity contribution is -0.131. The molecule has 7 nitrogen and oxygen atoms in total. The number of fused-ring (bicyclic) bond motifs is 2. The Balaban J connectivity index is 2.11. The molecule has 0 unspecified atom stereocenters. The summed E-state index contributed by atoms with van der Waals surface area (Å²) in [4.78, 5) is 11.9. The highest BCUT2D eigenvalue weighted by Gasteiger charge is 2.24. The molecule has 0 saturated carbocycles. The van der Waals surface area contributed by atoms with Crippen LogP contribution in [0.25, 0.3) is 21.9 Å². The highest BCUT2D eigenvalue weighted by molar-refractivity contribution is 6.05. The molecular weight excluding hydrogens is 400 g/mol. The summed E-state index contributed by atoms with van der Waals surface area (Å²) < 4.78 is 33.2. The van der Waals surface area contributed by atoms with E-state index in [0.29, 0.717) is 28.7 Å². The molecule has 4 rings (SSSR count).